The fraction of sp³-hybridized carbons (Fsp3) is 0.360. The van der Waals surface area contributed by atoms with Crippen LogP contribution in [0.2, 0.25) is 0 Å². The molecule has 1 aliphatic heterocycles. The Labute approximate surface area is 195 Å². The zero-order chi connectivity index (χ0) is 22.8. The fourth-order valence-corrected chi connectivity index (χ4v) is 5.15. The van der Waals surface area contributed by atoms with Gasteiger partial charge in [-0.2, -0.15) is 0 Å². The molecular formula is C25H25FN2O4S. The minimum atomic E-state index is -0.325. The van der Waals surface area contributed by atoms with Gasteiger partial charge < -0.3 is 19.0 Å². The van der Waals surface area contributed by atoms with Gasteiger partial charge in [-0.1, -0.05) is 0 Å². The molecule has 0 spiro atoms. The number of benzene rings is 1. The Morgan fingerprint density at radius 1 is 1.18 bits per heavy atom. The van der Waals surface area contributed by atoms with Crippen LogP contribution in [0.25, 0.3) is 0 Å². The summed E-state index contributed by atoms with van der Waals surface area (Å²) in [5.41, 5.74) is 1.08. The van der Waals surface area contributed by atoms with Gasteiger partial charge in [-0.3, -0.25) is 9.59 Å². The highest BCUT2D eigenvalue weighted by Crippen LogP contribution is 2.35. The van der Waals surface area contributed by atoms with Crippen molar-refractivity contribution in [3.63, 3.8) is 0 Å². The molecule has 1 aromatic carbocycles. The smallest absolute Gasteiger partial charge is 0.290 e. The van der Waals surface area contributed by atoms with Crippen molar-refractivity contribution in [2.24, 2.45) is 5.92 Å². The van der Waals surface area contributed by atoms with Gasteiger partial charge in [0.15, 0.2) is 5.76 Å². The van der Waals surface area contributed by atoms with Gasteiger partial charge >= 0.3 is 0 Å². The summed E-state index contributed by atoms with van der Waals surface area (Å²) in [6.45, 7) is 1.38. The van der Waals surface area contributed by atoms with Crippen LogP contribution in [0.4, 0.5) is 4.39 Å². The van der Waals surface area contributed by atoms with Crippen LogP contribution >= 0.6 is 11.3 Å². The average Bonchev–Trinajstić information content (AvgIpc) is 3.27. The summed E-state index contributed by atoms with van der Waals surface area (Å²) in [7, 11) is 0. The van der Waals surface area contributed by atoms with Gasteiger partial charge in [0.05, 0.1) is 12.3 Å². The first-order chi connectivity index (χ1) is 16.1. The lowest BCUT2D eigenvalue weighted by atomic mass is 10.0. The number of ether oxygens (including phenoxy) is 1. The average molecular weight is 469 g/mol. The molecule has 1 aliphatic carbocycles. The third-order valence-corrected chi connectivity index (χ3v) is 7.15. The van der Waals surface area contributed by atoms with Crippen molar-refractivity contribution in [2.75, 3.05) is 26.2 Å². The molecule has 2 aromatic heterocycles. The number of halogens is 1. The van der Waals surface area contributed by atoms with Crippen molar-refractivity contribution >= 4 is 23.2 Å². The number of hydrogen-bond acceptors (Lipinski definition) is 5. The normalized spacial score (nSPS) is 17.5. The predicted molar refractivity (Wildman–Crippen MR) is 122 cm³/mol. The Bertz CT molecular complexity index is 1110. The topological polar surface area (TPSA) is 63.0 Å². The van der Waals surface area contributed by atoms with Crippen LogP contribution in [-0.4, -0.2) is 47.9 Å². The number of amides is 2. The minimum Gasteiger partial charge on any atom is -0.491 e. The number of hydrogen-bond donors (Lipinski definition) is 0. The summed E-state index contributed by atoms with van der Waals surface area (Å²) in [6.07, 6.45) is 4.40. The second-order valence-corrected chi connectivity index (χ2v) is 9.52. The first-order valence-electron chi connectivity index (χ1n) is 11.2. The second-order valence-electron chi connectivity index (χ2n) is 8.52. The summed E-state index contributed by atoms with van der Waals surface area (Å²) >= 11 is 1.68. The van der Waals surface area contributed by atoms with Gasteiger partial charge in [-0.05, 0) is 78.6 Å². The second kappa shape index (κ2) is 9.39. The molecule has 0 bridgehead atoms. The summed E-state index contributed by atoms with van der Waals surface area (Å²) < 4.78 is 24.5. The van der Waals surface area contributed by atoms with Gasteiger partial charge in [-0.25, -0.2) is 4.39 Å². The van der Waals surface area contributed by atoms with E-state index in [1.54, 1.807) is 40.5 Å². The van der Waals surface area contributed by atoms with Crippen LogP contribution in [0.15, 0.2) is 58.5 Å². The van der Waals surface area contributed by atoms with Crippen LogP contribution in [-0.2, 0) is 11.2 Å². The highest BCUT2D eigenvalue weighted by Gasteiger charge is 2.35. The van der Waals surface area contributed by atoms with Gasteiger partial charge in [0.2, 0.25) is 5.91 Å². The molecule has 8 heteroatoms. The van der Waals surface area contributed by atoms with Crippen LogP contribution < -0.4 is 4.74 Å². The molecule has 1 saturated carbocycles. The molecule has 0 saturated heterocycles. The Morgan fingerprint density at radius 2 is 2.00 bits per heavy atom. The largest absolute Gasteiger partial charge is 0.491 e. The maximum Gasteiger partial charge on any atom is 0.290 e. The van der Waals surface area contributed by atoms with E-state index in [2.05, 4.69) is 0 Å². The Morgan fingerprint density at radius 3 is 2.73 bits per heavy atom. The Hall–Kier alpha value is -3.13. The summed E-state index contributed by atoms with van der Waals surface area (Å²) in [4.78, 5) is 31.1. The van der Waals surface area contributed by atoms with Gasteiger partial charge in [0.25, 0.3) is 5.91 Å². The van der Waals surface area contributed by atoms with Crippen molar-refractivity contribution in [1.29, 1.82) is 0 Å². The monoisotopic (exact) mass is 468 g/mol. The van der Waals surface area contributed by atoms with E-state index in [1.165, 1.54) is 23.3 Å². The number of fused-ring (bicyclic) bond motifs is 1. The van der Waals surface area contributed by atoms with E-state index in [-0.39, 0.29) is 42.6 Å². The Kier molecular flexibility index (Phi) is 6.17. The molecule has 0 unspecified atom stereocenters. The Balaban J connectivity index is 1.33. The first kappa shape index (κ1) is 21.7. The fourth-order valence-electron chi connectivity index (χ4n) is 4.22. The lowest BCUT2D eigenvalue weighted by molar-refractivity contribution is -0.135. The summed E-state index contributed by atoms with van der Waals surface area (Å²) in [5.74, 6) is 0.550. The van der Waals surface area contributed by atoms with Crippen LogP contribution in [0, 0.1) is 11.7 Å². The van der Waals surface area contributed by atoms with Crippen LogP contribution in [0.1, 0.15) is 39.9 Å². The van der Waals surface area contributed by atoms with Crippen LogP contribution in [0.3, 0.4) is 0 Å². The van der Waals surface area contributed by atoms with Crippen molar-refractivity contribution in [3.05, 3.63) is 76.1 Å². The number of rotatable bonds is 8. The highest BCUT2D eigenvalue weighted by molar-refractivity contribution is 7.10. The zero-order valence-electron chi connectivity index (χ0n) is 18.1. The molecule has 3 aromatic rings. The zero-order valence-corrected chi connectivity index (χ0v) is 18.9. The van der Waals surface area contributed by atoms with Crippen LogP contribution in [0.5, 0.6) is 5.75 Å². The molecule has 172 valence electrons. The summed E-state index contributed by atoms with van der Waals surface area (Å²) in [5, 5.41) is 2.03. The molecule has 33 heavy (non-hydrogen) atoms. The third kappa shape index (κ3) is 4.95. The maximum atomic E-state index is 13.5. The lowest BCUT2D eigenvalue weighted by Crippen LogP contribution is -2.48. The van der Waals surface area contributed by atoms with Crippen molar-refractivity contribution in [1.82, 2.24) is 9.80 Å². The predicted octanol–water partition coefficient (Wildman–Crippen LogP) is 4.54. The number of furan rings is 1. The third-order valence-electron chi connectivity index (χ3n) is 6.16. The molecule has 6 nitrogen and oxygen atoms in total. The highest BCUT2D eigenvalue weighted by atomic mass is 32.1. The van der Waals surface area contributed by atoms with E-state index in [0.717, 1.165) is 24.8 Å². The first-order valence-corrected chi connectivity index (χ1v) is 12.0. The molecule has 0 N–H and O–H groups in total. The van der Waals surface area contributed by atoms with E-state index < -0.39 is 0 Å². The van der Waals surface area contributed by atoms with Gasteiger partial charge in [0, 0.05) is 18.0 Å². The number of carbonyl (C=O) groups is 2. The van der Waals surface area contributed by atoms with Crippen molar-refractivity contribution in [3.8, 4) is 5.75 Å². The van der Waals surface area contributed by atoms with E-state index in [0.29, 0.717) is 24.8 Å². The van der Waals surface area contributed by atoms with Gasteiger partial charge in [0.1, 0.15) is 24.7 Å². The van der Waals surface area contributed by atoms with Crippen molar-refractivity contribution < 1.29 is 23.1 Å². The standard InChI is InChI=1S/C25H25FN2O4S/c26-18-5-7-19(8-6-18)32-16-21-20-10-13-33-23(20)9-11-28(21)24(29)15-27(14-17-3-4-17)25(30)22-2-1-12-31-22/h1-2,5-8,10,12-13,17,21H,3-4,9,11,14-16H2/t21-/m1/s1. The van der Waals surface area contributed by atoms with E-state index in [9.17, 15) is 14.0 Å². The SMILES string of the molecule is O=C(c1ccco1)N(CC(=O)N1CCc2sccc2[C@H]1COc1ccc(F)cc1)CC1CC1. The van der Waals surface area contributed by atoms with E-state index in [4.69, 9.17) is 9.15 Å². The maximum absolute atomic E-state index is 13.5. The molecule has 2 amide bonds. The van der Waals surface area contributed by atoms with Gasteiger partial charge in [-0.15, -0.1) is 11.3 Å². The number of nitrogens with zero attached hydrogens (tertiary/aromatic N) is 2. The molecule has 2 aliphatic rings. The number of thiophene rings is 1. The van der Waals surface area contributed by atoms with Crippen molar-refractivity contribution in [2.45, 2.75) is 25.3 Å². The molecule has 5 rings (SSSR count). The molecular weight excluding hydrogens is 443 g/mol. The minimum absolute atomic E-state index is 0.00253. The molecule has 3 heterocycles. The lowest BCUT2D eigenvalue weighted by Gasteiger charge is -2.37. The molecule has 1 fully saturated rings. The van der Waals surface area contributed by atoms with E-state index >= 15 is 0 Å². The molecule has 0 radical (unpaired) electrons. The summed E-state index contributed by atoms with van der Waals surface area (Å²) in [6, 6.07) is 10.9. The molecule has 1 atom stereocenters. The van der Waals surface area contributed by atoms with E-state index in [1.807, 2.05) is 16.3 Å². The quantitative estimate of drug-likeness (QED) is 0.487. The number of carbonyl (C=O) groups excluding carboxylic acids is 2.